The summed E-state index contributed by atoms with van der Waals surface area (Å²) in [5.74, 6) is 0.216. The minimum atomic E-state index is -0.858. The van der Waals surface area contributed by atoms with E-state index in [-0.39, 0.29) is 11.3 Å². The van der Waals surface area contributed by atoms with Gasteiger partial charge in [0.25, 0.3) is 0 Å². The summed E-state index contributed by atoms with van der Waals surface area (Å²) in [4.78, 5) is 26.5. The second kappa shape index (κ2) is 5.80. The first-order valence-corrected chi connectivity index (χ1v) is 9.06. The zero-order valence-electron chi connectivity index (χ0n) is 12.5. The molecule has 2 aliphatic heterocycles. The number of hydrogen-bond donors (Lipinski definition) is 2. The van der Waals surface area contributed by atoms with Gasteiger partial charge >= 0.3 is 5.97 Å². The Bertz CT molecular complexity index is 433. The lowest BCUT2D eigenvalue weighted by Gasteiger charge is -2.37. The highest BCUT2D eigenvalue weighted by Crippen LogP contribution is 2.46. The number of nitrogens with zero attached hydrogens (tertiary/aromatic N) is 1. The number of hydrogen-bond acceptors (Lipinski definition) is 4. The molecule has 2 saturated heterocycles. The molecule has 3 fully saturated rings. The minimum absolute atomic E-state index is 0.0381. The fourth-order valence-electron chi connectivity index (χ4n) is 3.70. The largest absolute Gasteiger partial charge is 0.480 e. The van der Waals surface area contributed by atoms with E-state index in [1.165, 1.54) is 0 Å². The molecule has 0 radical (unpaired) electrons. The van der Waals surface area contributed by atoms with E-state index in [9.17, 15) is 14.7 Å². The summed E-state index contributed by atoms with van der Waals surface area (Å²) in [6, 6.07) is -0.649. The van der Waals surface area contributed by atoms with Crippen LogP contribution in [0.3, 0.4) is 0 Å². The predicted molar refractivity (Wildman–Crippen MR) is 82.1 cm³/mol. The molecule has 3 rings (SSSR count). The van der Waals surface area contributed by atoms with Crippen molar-refractivity contribution in [3.05, 3.63) is 0 Å². The summed E-state index contributed by atoms with van der Waals surface area (Å²) in [6.07, 6.45) is 5.83. The number of carbonyl (C=O) groups excluding carboxylic acids is 1. The zero-order valence-corrected chi connectivity index (χ0v) is 13.3. The number of amides is 1. The molecule has 3 aliphatic rings. The lowest BCUT2D eigenvalue weighted by atomic mass is 9.89. The Hall–Kier alpha value is -0.750. The molecule has 1 aliphatic carbocycles. The van der Waals surface area contributed by atoms with Crippen molar-refractivity contribution < 1.29 is 14.7 Å². The maximum atomic E-state index is 13.2. The lowest BCUT2D eigenvalue weighted by Crippen LogP contribution is -2.59. The van der Waals surface area contributed by atoms with Crippen molar-refractivity contribution in [1.29, 1.82) is 0 Å². The van der Waals surface area contributed by atoms with Gasteiger partial charge in [0.15, 0.2) is 0 Å². The molecule has 6 heteroatoms. The number of aliphatic carboxylic acids is 1. The molecule has 1 amide bonds. The normalized spacial score (nSPS) is 36.1. The summed E-state index contributed by atoms with van der Waals surface area (Å²) in [6.45, 7) is 2.94. The first-order chi connectivity index (χ1) is 10.1. The van der Waals surface area contributed by atoms with E-state index in [0.29, 0.717) is 11.7 Å². The van der Waals surface area contributed by atoms with Crippen LogP contribution < -0.4 is 5.32 Å². The van der Waals surface area contributed by atoms with Crippen molar-refractivity contribution in [3.63, 3.8) is 0 Å². The molecule has 0 spiro atoms. The monoisotopic (exact) mass is 312 g/mol. The fourth-order valence-corrected chi connectivity index (χ4v) is 5.33. The molecule has 5 nitrogen and oxygen atoms in total. The van der Waals surface area contributed by atoms with E-state index in [2.05, 4.69) is 12.2 Å². The Morgan fingerprint density at radius 3 is 2.71 bits per heavy atom. The predicted octanol–water partition coefficient (Wildman–Crippen LogP) is 1.67. The maximum absolute atomic E-state index is 13.2. The van der Waals surface area contributed by atoms with E-state index in [0.717, 1.165) is 45.1 Å². The highest BCUT2D eigenvalue weighted by molar-refractivity contribution is 8.00. The summed E-state index contributed by atoms with van der Waals surface area (Å²) in [5, 5.41) is 13.0. The number of carboxylic acids is 1. The van der Waals surface area contributed by atoms with Crippen molar-refractivity contribution in [2.24, 2.45) is 5.92 Å². The van der Waals surface area contributed by atoms with Crippen LogP contribution in [-0.4, -0.2) is 51.1 Å². The number of nitrogens with one attached hydrogen (secondary N) is 1. The lowest BCUT2D eigenvalue weighted by molar-refractivity contribution is -0.152. The third kappa shape index (κ3) is 2.68. The van der Waals surface area contributed by atoms with Gasteiger partial charge in [-0.2, -0.15) is 0 Å². The molecule has 21 heavy (non-hydrogen) atoms. The summed E-state index contributed by atoms with van der Waals surface area (Å²) >= 11 is 1.66. The number of thioether (sulfide) groups is 1. The number of carbonyl (C=O) groups is 2. The van der Waals surface area contributed by atoms with E-state index >= 15 is 0 Å². The standard InChI is InChI=1S/C15H24N2O3S/c1-2-6-15(7-3-8-16-15)14(20)17-11(13(18)19)9-21-12(17)10-4-5-10/h10-12,16H,2-9H2,1H3,(H,18,19). The van der Waals surface area contributed by atoms with E-state index in [4.69, 9.17) is 0 Å². The van der Waals surface area contributed by atoms with Crippen LogP contribution in [0.4, 0.5) is 0 Å². The van der Waals surface area contributed by atoms with Crippen molar-refractivity contribution in [1.82, 2.24) is 10.2 Å². The Morgan fingerprint density at radius 1 is 1.43 bits per heavy atom. The van der Waals surface area contributed by atoms with E-state index in [1.54, 1.807) is 16.7 Å². The molecule has 0 aromatic carbocycles. The second-order valence-electron chi connectivity index (χ2n) is 6.49. The van der Waals surface area contributed by atoms with Gasteiger partial charge in [-0.1, -0.05) is 13.3 Å². The van der Waals surface area contributed by atoms with Crippen molar-refractivity contribution >= 4 is 23.6 Å². The van der Waals surface area contributed by atoms with Crippen molar-refractivity contribution in [3.8, 4) is 0 Å². The third-order valence-corrected chi connectivity index (χ3v) is 6.37. The van der Waals surface area contributed by atoms with Crippen molar-refractivity contribution in [2.75, 3.05) is 12.3 Å². The zero-order chi connectivity index (χ0) is 15.0. The minimum Gasteiger partial charge on any atom is -0.480 e. The first kappa shape index (κ1) is 15.2. The molecule has 3 unspecified atom stereocenters. The van der Waals surface area contributed by atoms with Gasteiger partial charge in [0.1, 0.15) is 6.04 Å². The second-order valence-corrected chi connectivity index (χ2v) is 7.64. The molecule has 2 heterocycles. The van der Waals surface area contributed by atoms with Crippen LogP contribution >= 0.6 is 11.8 Å². The third-order valence-electron chi connectivity index (χ3n) is 4.91. The summed E-state index contributed by atoms with van der Waals surface area (Å²) < 4.78 is 0. The molecule has 0 aromatic rings. The Balaban J connectivity index is 1.86. The molecule has 0 aromatic heterocycles. The topological polar surface area (TPSA) is 69.6 Å². The molecular weight excluding hydrogens is 288 g/mol. The van der Waals surface area contributed by atoms with Gasteiger partial charge in [0.2, 0.25) is 5.91 Å². The van der Waals surface area contributed by atoms with Gasteiger partial charge in [-0.15, -0.1) is 11.8 Å². The van der Waals surface area contributed by atoms with Crippen LogP contribution in [0.5, 0.6) is 0 Å². The van der Waals surface area contributed by atoms with Gasteiger partial charge in [-0.3, -0.25) is 4.79 Å². The number of carboxylic acid groups (broad SMARTS) is 1. The molecule has 2 N–H and O–H groups in total. The smallest absolute Gasteiger partial charge is 0.327 e. The highest BCUT2D eigenvalue weighted by atomic mass is 32.2. The Labute approximate surface area is 129 Å². The highest BCUT2D eigenvalue weighted by Gasteiger charge is 2.53. The van der Waals surface area contributed by atoms with Crippen LogP contribution in [0, 0.1) is 5.92 Å². The average molecular weight is 312 g/mol. The van der Waals surface area contributed by atoms with Crippen LogP contribution in [0.2, 0.25) is 0 Å². The quantitative estimate of drug-likeness (QED) is 0.808. The average Bonchev–Trinajstić information content (AvgIpc) is 3.02. The van der Waals surface area contributed by atoms with Crippen LogP contribution in [0.25, 0.3) is 0 Å². The van der Waals surface area contributed by atoms with Gasteiger partial charge in [0.05, 0.1) is 10.9 Å². The molecule has 1 saturated carbocycles. The number of rotatable bonds is 5. The fraction of sp³-hybridized carbons (Fsp3) is 0.867. The molecule has 118 valence electrons. The summed E-state index contributed by atoms with van der Waals surface area (Å²) in [7, 11) is 0. The molecule has 3 atom stereocenters. The van der Waals surface area contributed by atoms with Gasteiger partial charge in [-0.25, -0.2) is 4.79 Å². The Morgan fingerprint density at radius 2 is 2.19 bits per heavy atom. The molecule has 0 bridgehead atoms. The summed E-state index contributed by atoms with van der Waals surface area (Å²) in [5.41, 5.74) is -0.513. The first-order valence-electron chi connectivity index (χ1n) is 8.01. The molecular formula is C15H24N2O3S. The van der Waals surface area contributed by atoms with Crippen molar-refractivity contribution in [2.45, 2.75) is 62.4 Å². The van der Waals surface area contributed by atoms with Crippen LogP contribution in [0.1, 0.15) is 45.4 Å². The van der Waals surface area contributed by atoms with Crippen LogP contribution in [-0.2, 0) is 9.59 Å². The van der Waals surface area contributed by atoms with Gasteiger partial charge in [-0.05, 0) is 44.6 Å². The van der Waals surface area contributed by atoms with E-state index < -0.39 is 17.6 Å². The van der Waals surface area contributed by atoms with E-state index in [1.807, 2.05) is 0 Å². The maximum Gasteiger partial charge on any atom is 0.327 e. The van der Waals surface area contributed by atoms with Crippen LogP contribution in [0.15, 0.2) is 0 Å². The SMILES string of the molecule is CCCC1(C(=O)N2C(C(=O)O)CSC2C2CC2)CCCN1. The van der Waals surface area contributed by atoms with Gasteiger partial charge < -0.3 is 15.3 Å². The van der Waals surface area contributed by atoms with Gasteiger partial charge in [0, 0.05) is 5.75 Å². The Kier molecular flexibility index (Phi) is 4.19.